The van der Waals surface area contributed by atoms with E-state index in [-0.39, 0.29) is 0 Å². The van der Waals surface area contributed by atoms with Crippen LogP contribution in [0.5, 0.6) is 0 Å². The van der Waals surface area contributed by atoms with Crippen molar-refractivity contribution < 1.29 is 9.53 Å². The van der Waals surface area contributed by atoms with Crippen LogP contribution in [0.3, 0.4) is 0 Å². The zero-order chi connectivity index (χ0) is 12.5. The quantitative estimate of drug-likeness (QED) is 0.685. The Bertz CT molecular complexity index is 416. The highest BCUT2D eigenvalue weighted by atomic mass is 79.9. The van der Waals surface area contributed by atoms with E-state index in [0.29, 0.717) is 6.61 Å². The first kappa shape index (κ1) is 13.4. The van der Waals surface area contributed by atoms with E-state index in [1.165, 1.54) is 6.21 Å². The van der Waals surface area contributed by atoms with Crippen LogP contribution in [0.2, 0.25) is 0 Å². The van der Waals surface area contributed by atoms with Crippen LogP contribution in [0, 0.1) is 0 Å². The number of benzene rings is 1. The number of hydrogen-bond donors (Lipinski definition) is 1. The Morgan fingerprint density at radius 2 is 2.18 bits per heavy atom. The molecule has 0 spiro atoms. The summed E-state index contributed by atoms with van der Waals surface area (Å²) in [7, 11) is 0. The third kappa shape index (κ3) is 5.87. The number of hydrogen-bond acceptors (Lipinski definition) is 3. The lowest BCUT2D eigenvalue weighted by molar-refractivity contribution is 0.152. The molecular formula is C12H13BrN2O2. The van der Waals surface area contributed by atoms with Gasteiger partial charge >= 0.3 is 6.09 Å². The average molecular weight is 297 g/mol. The van der Waals surface area contributed by atoms with E-state index >= 15 is 0 Å². The molecule has 0 heterocycles. The van der Waals surface area contributed by atoms with E-state index in [9.17, 15) is 4.79 Å². The number of nitrogens with zero attached hydrogens (tertiary/aromatic N) is 1. The van der Waals surface area contributed by atoms with Crippen LogP contribution in [0.1, 0.15) is 12.5 Å². The summed E-state index contributed by atoms with van der Waals surface area (Å²) < 4.78 is 5.39. The fraction of sp³-hybridized carbons (Fsp3) is 0.167. The minimum absolute atomic E-state index is 0.322. The molecular weight excluding hydrogens is 284 g/mol. The molecule has 0 saturated heterocycles. The van der Waals surface area contributed by atoms with Crippen molar-refractivity contribution in [3.63, 3.8) is 0 Å². The maximum absolute atomic E-state index is 10.9. The zero-order valence-corrected chi connectivity index (χ0v) is 11.0. The van der Waals surface area contributed by atoms with E-state index in [4.69, 9.17) is 0 Å². The molecule has 0 aliphatic heterocycles. The number of amides is 1. The van der Waals surface area contributed by atoms with Gasteiger partial charge in [-0.25, -0.2) is 10.2 Å². The Kier molecular flexibility index (Phi) is 6.03. The van der Waals surface area contributed by atoms with Crippen LogP contribution in [0.25, 0.3) is 6.08 Å². The lowest BCUT2D eigenvalue weighted by Gasteiger charge is -1.98. The fourth-order valence-electron chi connectivity index (χ4n) is 1.06. The van der Waals surface area contributed by atoms with Crippen LogP contribution in [-0.2, 0) is 4.74 Å². The van der Waals surface area contributed by atoms with Crippen molar-refractivity contribution in [1.29, 1.82) is 0 Å². The number of allylic oxidation sites excluding steroid dienone is 1. The smallest absolute Gasteiger partial charge is 0.427 e. The molecule has 0 atom stereocenters. The third-order valence-corrected chi connectivity index (χ3v) is 2.16. The summed E-state index contributed by atoms with van der Waals surface area (Å²) in [5, 5.41) is 3.72. The highest BCUT2D eigenvalue weighted by Crippen LogP contribution is 2.09. The lowest BCUT2D eigenvalue weighted by atomic mass is 10.2. The first-order valence-electron chi connectivity index (χ1n) is 5.10. The van der Waals surface area contributed by atoms with E-state index in [1.54, 1.807) is 6.92 Å². The first-order valence-corrected chi connectivity index (χ1v) is 5.89. The van der Waals surface area contributed by atoms with Gasteiger partial charge < -0.3 is 4.74 Å². The maximum atomic E-state index is 10.9. The highest BCUT2D eigenvalue weighted by molar-refractivity contribution is 9.12. The number of carbonyl (C=O) groups excluding carboxylic acids is 1. The summed E-state index contributed by atoms with van der Waals surface area (Å²) >= 11 is 3.32. The van der Waals surface area contributed by atoms with Gasteiger partial charge in [-0.1, -0.05) is 30.3 Å². The van der Waals surface area contributed by atoms with Crippen LogP contribution in [-0.4, -0.2) is 18.9 Å². The van der Waals surface area contributed by atoms with Crippen molar-refractivity contribution in [2.45, 2.75) is 6.92 Å². The standard InChI is InChI=1S/C12H13BrN2O2/c1-2-17-12(16)15-14-9-11(13)8-10-6-4-3-5-7-10/h3-9H,2H2,1H3,(H,15,16)/b11-8+,14-9?. The first-order chi connectivity index (χ1) is 8.22. The topological polar surface area (TPSA) is 50.7 Å². The molecule has 1 amide bonds. The predicted molar refractivity (Wildman–Crippen MR) is 72.0 cm³/mol. The van der Waals surface area contributed by atoms with Gasteiger partial charge in [0.05, 0.1) is 12.8 Å². The number of nitrogens with one attached hydrogen (secondary N) is 1. The summed E-state index contributed by atoms with van der Waals surface area (Å²) in [5.74, 6) is 0. The molecule has 0 unspecified atom stereocenters. The molecule has 0 aliphatic carbocycles. The van der Waals surface area contributed by atoms with Crippen LogP contribution in [0.4, 0.5) is 4.79 Å². The molecule has 0 saturated carbocycles. The number of hydrazone groups is 1. The Labute approximate surface area is 108 Å². The fourth-order valence-corrected chi connectivity index (χ4v) is 1.42. The minimum atomic E-state index is -0.566. The molecule has 5 heteroatoms. The average Bonchev–Trinajstić information content (AvgIpc) is 2.30. The summed E-state index contributed by atoms with van der Waals surface area (Å²) in [4.78, 5) is 10.9. The van der Waals surface area contributed by atoms with Gasteiger partial charge in [0.15, 0.2) is 0 Å². The molecule has 4 nitrogen and oxygen atoms in total. The molecule has 1 rings (SSSR count). The van der Waals surface area contributed by atoms with Gasteiger partial charge in [0.1, 0.15) is 0 Å². The van der Waals surface area contributed by atoms with Gasteiger partial charge in [-0.2, -0.15) is 5.10 Å². The largest absolute Gasteiger partial charge is 0.449 e. The van der Waals surface area contributed by atoms with Crippen LogP contribution < -0.4 is 5.43 Å². The van der Waals surface area contributed by atoms with Crippen LogP contribution >= 0.6 is 15.9 Å². The molecule has 0 fully saturated rings. The second-order valence-electron chi connectivity index (χ2n) is 3.03. The molecule has 0 aromatic heterocycles. The van der Waals surface area contributed by atoms with Crippen molar-refractivity contribution in [3.8, 4) is 0 Å². The van der Waals surface area contributed by atoms with Gasteiger partial charge in [0.25, 0.3) is 0 Å². The normalized spacial score (nSPS) is 11.5. The summed E-state index contributed by atoms with van der Waals surface area (Å²) in [6.07, 6.45) is 2.81. The summed E-state index contributed by atoms with van der Waals surface area (Å²) in [6, 6.07) is 9.77. The van der Waals surface area contributed by atoms with Crippen molar-refractivity contribution in [2.24, 2.45) is 5.10 Å². The number of rotatable bonds is 4. The van der Waals surface area contributed by atoms with Gasteiger partial charge in [-0.15, -0.1) is 0 Å². The lowest BCUT2D eigenvalue weighted by Crippen LogP contribution is -2.18. The molecule has 1 aromatic carbocycles. The number of halogens is 1. The summed E-state index contributed by atoms with van der Waals surface area (Å²) in [6.45, 7) is 2.05. The van der Waals surface area contributed by atoms with Crippen molar-refractivity contribution in [2.75, 3.05) is 6.61 Å². The molecule has 1 aromatic rings. The Morgan fingerprint density at radius 3 is 2.82 bits per heavy atom. The van der Waals surface area contributed by atoms with Crippen molar-refractivity contribution in [3.05, 3.63) is 40.4 Å². The van der Waals surface area contributed by atoms with E-state index < -0.39 is 6.09 Å². The van der Waals surface area contributed by atoms with Crippen LogP contribution in [0.15, 0.2) is 39.9 Å². The van der Waals surface area contributed by atoms with Crippen molar-refractivity contribution >= 4 is 34.3 Å². The minimum Gasteiger partial charge on any atom is -0.449 e. The van der Waals surface area contributed by atoms with Gasteiger partial charge in [-0.3, -0.25) is 0 Å². The molecule has 1 N–H and O–H groups in total. The highest BCUT2D eigenvalue weighted by Gasteiger charge is 1.95. The second-order valence-corrected chi connectivity index (χ2v) is 3.95. The molecule has 17 heavy (non-hydrogen) atoms. The van der Waals surface area contributed by atoms with E-state index in [2.05, 4.69) is 31.2 Å². The predicted octanol–water partition coefficient (Wildman–Crippen LogP) is 3.15. The molecule has 0 aliphatic rings. The SMILES string of the molecule is CCOC(=O)NN=C/C(Br)=C\c1ccccc1. The monoisotopic (exact) mass is 296 g/mol. The second kappa shape index (κ2) is 7.62. The zero-order valence-electron chi connectivity index (χ0n) is 9.39. The maximum Gasteiger partial charge on any atom is 0.427 e. The number of carbonyl (C=O) groups is 1. The Balaban J connectivity index is 2.49. The van der Waals surface area contributed by atoms with E-state index in [0.717, 1.165) is 10.0 Å². The molecule has 0 bridgehead atoms. The van der Waals surface area contributed by atoms with Crippen molar-refractivity contribution in [1.82, 2.24) is 5.43 Å². The van der Waals surface area contributed by atoms with E-state index in [1.807, 2.05) is 36.4 Å². The summed E-state index contributed by atoms with van der Waals surface area (Å²) in [5.41, 5.74) is 3.28. The number of ether oxygens (including phenoxy) is 1. The third-order valence-electron chi connectivity index (χ3n) is 1.72. The van der Waals surface area contributed by atoms with Gasteiger partial charge in [0.2, 0.25) is 0 Å². The van der Waals surface area contributed by atoms with Gasteiger partial charge in [-0.05, 0) is 34.5 Å². The molecule has 0 radical (unpaired) electrons. The van der Waals surface area contributed by atoms with Gasteiger partial charge in [0, 0.05) is 4.48 Å². The Hall–Kier alpha value is -1.62. The molecule has 90 valence electrons. The Morgan fingerprint density at radius 1 is 1.47 bits per heavy atom.